The van der Waals surface area contributed by atoms with Crippen molar-refractivity contribution in [2.45, 2.75) is 39.3 Å². The van der Waals surface area contributed by atoms with Gasteiger partial charge in [-0.3, -0.25) is 0 Å². The lowest BCUT2D eigenvalue weighted by Gasteiger charge is -2.31. The molecule has 0 aliphatic carbocycles. The van der Waals surface area contributed by atoms with Crippen LogP contribution in [0.2, 0.25) is 0 Å². The maximum atomic E-state index is 12.6. The number of hydrogen-bond donors (Lipinski definition) is 2. The summed E-state index contributed by atoms with van der Waals surface area (Å²) in [4.78, 5) is 12.6. The van der Waals surface area contributed by atoms with E-state index < -0.39 is 5.60 Å². The molecule has 0 amide bonds. The van der Waals surface area contributed by atoms with Crippen molar-refractivity contribution in [1.82, 2.24) is 10.6 Å². The third kappa shape index (κ3) is 4.08. The fourth-order valence-corrected chi connectivity index (χ4v) is 2.92. The van der Waals surface area contributed by atoms with Crippen molar-refractivity contribution in [1.29, 1.82) is 0 Å². The van der Waals surface area contributed by atoms with Gasteiger partial charge in [0.1, 0.15) is 5.60 Å². The van der Waals surface area contributed by atoms with Crippen molar-refractivity contribution in [2.24, 2.45) is 0 Å². The highest BCUT2D eigenvalue weighted by Crippen LogP contribution is 2.30. The molecule has 1 aromatic carbocycles. The largest absolute Gasteiger partial charge is 0.456 e. The smallest absolute Gasteiger partial charge is 0.338 e. The Kier molecular flexibility index (Phi) is 4.92. The first-order chi connectivity index (χ1) is 10.2. The van der Waals surface area contributed by atoms with Crippen LogP contribution in [0.1, 0.15) is 39.3 Å². The third-order valence-electron chi connectivity index (χ3n) is 3.07. The number of rotatable bonds is 2. The van der Waals surface area contributed by atoms with E-state index in [1.807, 2.05) is 52.0 Å². The number of carbonyl (C=O) groups is 1. The van der Waals surface area contributed by atoms with Gasteiger partial charge in [-0.15, -0.1) is 0 Å². The van der Waals surface area contributed by atoms with Gasteiger partial charge in [0, 0.05) is 10.2 Å². The molecule has 0 fully saturated rings. The standard InChI is InChI=1S/C16H19BrN2O2S/c1-9-12(14(20)21-16(2,3)4)13(19-15(22)18-9)10-6-5-7-11(17)8-10/h5-8,13H,1-4H3,(H2,18,19,22)/t13-/m1/s1. The Morgan fingerprint density at radius 3 is 2.64 bits per heavy atom. The summed E-state index contributed by atoms with van der Waals surface area (Å²) in [6.45, 7) is 7.38. The van der Waals surface area contributed by atoms with E-state index in [1.54, 1.807) is 0 Å². The summed E-state index contributed by atoms with van der Waals surface area (Å²) in [6.07, 6.45) is 0. The van der Waals surface area contributed by atoms with Crippen molar-refractivity contribution >= 4 is 39.2 Å². The highest BCUT2D eigenvalue weighted by atomic mass is 79.9. The van der Waals surface area contributed by atoms with Crippen LogP contribution >= 0.6 is 28.1 Å². The topological polar surface area (TPSA) is 50.4 Å². The molecule has 118 valence electrons. The Bertz CT molecular complexity index is 650. The van der Waals surface area contributed by atoms with Crippen LogP contribution in [0.4, 0.5) is 0 Å². The fourth-order valence-electron chi connectivity index (χ4n) is 2.23. The molecule has 2 N–H and O–H groups in total. The molecule has 0 radical (unpaired) electrons. The maximum absolute atomic E-state index is 12.6. The molecule has 0 spiro atoms. The molecule has 2 rings (SSSR count). The molecule has 1 aromatic rings. The Morgan fingerprint density at radius 1 is 1.36 bits per heavy atom. The van der Waals surface area contributed by atoms with Gasteiger partial charge in [0.05, 0.1) is 11.6 Å². The molecule has 1 atom stereocenters. The van der Waals surface area contributed by atoms with Crippen LogP contribution in [0, 0.1) is 0 Å². The van der Waals surface area contributed by atoms with E-state index in [-0.39, 0.29) is 12.0 Å². The first-order valence-electron chi connectivity index (χ1n) is 6.94. The number of carbonyl (C=O) groups excluding carboxylic acids is 1. The Labute approximate surface area is 144 Å². The fraction of sp³-hybridized carbons (Fsp3) is 0.375. The van der Waals surface area contributed by atoms with Crippen molar-refractivity contribution in [2.75, 3.05) is 0 Å². The third-order valence-corrected chi connectivity index (χ3v) is 3.78. The molecule has 1 heterocycles. The Hall–Kier alpha value is -1.40. The van der Waals surface area contributed by atoms with Gasteiger partial charge in [0.25, 0.3) is 0 Å². The van der Waals surface area contributed by atoms with Gasteiger partial charge in [0.15, 0.2) is 5.11 Å². The van der Waals surface area contributed by atoms with Gasteiger partial charge in [-0.25, -0.2) is 4.79 Å². The molecule has 22 heavy (non-hydrogen) atoms. The van der Waals surface area contributed by atoms with E-state index in [0.29, 0.717) is 16.4 Å². The second-order valence-corrected chi connectivity index (χ2v) is 7.45. The lowest BCUT2D eigenvalue weighted by molar-refractivity contribution is -0.150. The predicted molar refractivity (Wildman–Crippen MR) is 94.3 cm³/mol. The average Bonchev–Trinajstić information content (AvgIpc) is 2.35. The van der Waals surface area contributed by atoms with Crippen LogP contribution in [0.3, 0.4) is 0 Å². The highest BCUT2D eigenvalue weighted by molar-refractivity contribution is 9.10. The zero-order valence-electron chi connectivity index (χ0n) is 13.0. The van der Waals surface area contributed by atoms with Crippen molar-refractivity contribution in [3.8, 4) is 0 Å². The van der Waals surface area contributed by atoms with Crippen LogP contribution in [0.15, 0.2) is 40.0 Å². The molecular weight excluding hydrogens is 364 g/mol. The number of nitrogens with one attached hydrogen (secondary N) is 2. The molecule has 6 heteroatoms. The van der Waals surface area contributed by atoms with Gasteiger partial charge in [-0.1, -0.05) is 28.1 Å². The van der Waals surface area contributed by atoms with Gasteiger partial charge >= 0.3 is 5.97 Å². The van der Waals surface area contributed by atoms with E-state index in [9.17, 15) is 4.79 Å². The molecule has 0 saturated heterocycles. The van der Waals surface area contributed by atoms with Gasteiger partial charge in [-0.2, -0.15) is 0 Å². The molecule has 4 nitrogen and oxygen atoms in total. The zero-order valence-corrected chi connectivity index (χ0v) is 15.4. The van der Waals surface area contributed by atoms with Crippen LogP contribution in [0.25, 0.3) is 0 Å². The average molecular weight is 383 g/mol. The first kappa shape index (κ1) is 17.0. The van der Waals surface area contributed by atoms with E-state index in [0.717, 1.165) is 10.0 Å². The van der Waals surface area contributed by atoms with Crippen molar-refractivity contribution < 1.29 is 9.53 Å². The molecular formula is C16H19BrN2O2S. The summed E-state index contributed by atoms with van der Waals surface area (Å²) in [5.41, 5.74) is 1.65. The SMILES string of the molecule is CC1=C(C(=O)OC(C)(C)C)[C@@H](c2cccc(Br)c2)NC(=S)N1. The van der Waals surface area contributed by atoms with E-state index in [4.69, 9.17) is 17.0 Å². The minimum absolute atomic E-state index is 0.332. The van der Waals surface area contributed by atoms with Gasteiger partial charge < -0.3 is 15.4 Å². The van der Waals surface area contributed by atoms with Crippen molar-refractivity contribution in [3.63, 3.8) is 0 Å². The lowest BCUT2D eigenvalue weighted by Crippen LogP contribution is -2.45. The quantitative estimate of drug-likeness (QED) is 0.604. The van der Waals surface area contributed by atoms with Crippen LogP contribution in [-0.2, 0) is 9.53 Å². The summed E-state index contributed by atoms with van der Waals surface area (Å²) < 4.78 is 6.48. The van der Waals surface area contributed by atoms with Crippen LogP contribution in [0.5, 0.6) is 0 Å². The summed E-state index contributed by atoms with van der Waals surface area (Å²) in [5.74, 6) is -0.350. The molecule has 0 aromatic heterocycles. The zero-order chi connectivity index (χ0) is 16.5. The van der Waals surface area contributed by atoms with Crippen LogP contribution < -0.4 is 10.6 Å². The normalized spacial score (nSPS) is 18.6. The number of benzene rings is 1. The van der Waals surface area contributed by atoms with E-state index in [2.05, 4.69) is 26.6 Å². The first-order valence-corrected chi connectivity index (χ1v) is 8.14. The summed E-state index contributed by atoms with van der Waals surface area (Å²) in [5, 5.41) is 6.64. The second kappa shape index (κ2) is 6.38. The highest BCUT2D eigenvalue weighted by Gasteiger charge is 2.32. The number of halogens is 1. The van der Waals surface area contributed by atoms with Gasteiger partial charge in [-0.05, 0) is 57.6 Å². The Balaban J connectivity index is 2.43. The second-order valence-electron chi connectivity index (χ2n) is 6.13. The molecule has 1 aliphatic heterocycles. The number of esters is 1. The molecule has 0 saturated carbocycles. The Morgan fingerprint density at radius 2 is 2.05 bits per heavy atom. The maximum Gasteiger partial charge on any atom is 0.338 e. The van der Waals surface area contributed by atoms with E-state index in [1.165, 1.54) is 0 Å². The summed E-state index contributed by atoms with van der Waals surface area (Å²) in [6, 6.07) is 7.44. The minimum atomic E-state index is -0.551. The summed E-state index contributed by atoms with van der Waals surface area (Å²) >= 11 is 8.68. The molecule has 1 aliphatic rings. The number of thiocarbonyl (C=S) groups is 1. The number of hydrogen-bond acceptors (Lipinski definition) is 3. The lowest BCUT2D eigenvalue weighted by atomic mass is 9.95. The summed E-state index contributed by atoms with van der Waals surface area (Å²) in [7, 11) is 0. The van der Waals surface area contributed by atoms with Gasteiger partial charge in [0.2, 0.25) is 0 Å². The minimum Gasteiger partial charge on any atom is -0.456 e. The molecule has 0 unspecified atom stereocenters. The van der Waals surface area contributed by atoms with E-state index >= 15 is 0 Å². The molecule has 0 bridgehead atoms. The number of ether oxygens (including phenoxy) is 1. The van der Waals surface area contributed by atoms with Crippen LogP contribution in [-0.4, -0.2) is 16.7 Å². The number of allylic oxidation sites excluding steroid dienone is 1. The predicted octanol–water partition coefficient (Wildman–Crippen LogP) is 3.58. The van der Waals surface area contributed by atoms with Crippen molar-refractivity contribution in [3.05, 3.63) is 45.6 Å². The monoisotopic (exact) mass is 382 g/mol.